The van der Waals surface area contributed by atoms with Gasteiger partial charge in [-0.05, 0) is 60.0 Å². The van der Waals surface area contributed by atoms with Gasteiger partial charge in [-0.25, -0.2) is 16.8 Å². The van der Waals surface area contributed by atoms with Gasteiger partial charge in [-0.15, -0.1) is 0 Å². The predicted molar refractivity (Wildman–Crippen MR) is 122 cm³/mol. The monoisotopic (exact) mass is 525 g/mol. The number of carbonyl (C=O) groups is 1. The van der Waals surface area contributed by atoms with Crippen LogP contribution in [0.2, 0.25) is 5.02 Å². The first-order chi connectivity index (χ1) is 16.4. The van der Waals surface area contributed by atoms with E-state index in [-0.39, 0.29) is 44.8 Å². The summed E-state index contributed by atoms with van der Waals surface area (Å²) in [6.07, 6.45) is -3.63. The molecule has 1 N–H and O–H groups in total. The Kier molecular flexibility index (Phi) is 6.37. The molecule has 0 saturated carbocycles. The van der Waals surface area contributed by atoms with Gasteiger partial charge in [0.2, 0.25) is 0 Å². The molecule has 0 unspecified atom stereocenters. The van der Waals surface area contributed by atoms with Crippen molar-refractivity contribution in [2.45, 2.75) is 23.9 Å². The third-order valence-corrected chi connectivity index (χ3v) is 7.40. The topological polar surface area (TPSA) is 76.4 Å². The minimum absolute atomic E-state index is 0.0149. The summed E-state index contributed by atoms with van der Waals surface area (Å²) in [6, 6.07) is 11.8. The summed E-state index contributed by atoms with van der Waals surface area (Å²) in [7, 11) is -4.25. The summed E-state index contributed by atoms with van der Waals surface area (Å²) in [5.41, 5.74) is 0.0452. The Morgan fingerprint density at radius 3 is 2.43 bits per heavy atom. The first kappa shape index (κ1) is 24.7. The molecule has 0 atom stereocenters. The average Bonchev–Trinajstić information content (AvgIpc) is 3.15. The molecular formula is C24H16ClF4NO4S. The molecule has 3 aromatic carbocycles. The number of carboxylic acid groups (broad SMARTS) is 1. The molecule has 0 aliphatic heterocycles. The molecule has 4 rings (SSSR count). The fraction of sp³-hybridized carbons (Fsp3) is 0.125. The van der Waals surface area contributed by atoms with Gasteiger partial charge in [0.05, 0.1) is 16.0 Å². The van der Waals surface area contributed by atoms with Gasteiger partial charge in [0, 0.05) is 28.6 Å². The predicted octanol–water partition coefficient (Wildman–Crippen LogP) is 6.37. The SMILES string of the molecule is O=C(O)CCc1cn(S(=O)(=O)c2cccc(-c3ccc(C(F)(F)F)cc3Cl)c2)c2ccc(F)cc12. The van der Waals surface area contributed by atoms with Crippen LogP contribution in [0.1, 0.15) is 17.5 Å². The molecule has 1 heterocycles. The lowest BCUT2D eigenvalue weighted by atomic mass is 10.0. The first-order valence-electron chi connectivity index (χ1n) is 10.1. The maximum absolute atomic E-state index is 13.9. The molecule has 0 fully saturated rings. The zero-order chi connectivity index (χ0) is 25.5. The molecule has 1 aromatic heterocycles. The normalized spacial score (nSPS) is 12.3. The lowest BCUT2D eigenvalue weighted by Gasteiger charge is -2.12. The van der Waals surface area contributed by atoms with Crippen LogP contribution < -0.4 is 0 Å². The molecule has 11 heteroatoms. The molecule has 0 bridgehead atoms. The smallest absolute Gasteiger partial charge is 0.416 e. The van der Waals surface area contributed by atoms with E-state index in [4.69, 9.17) is 16.7 Å². The van der Waals surface area contributed by atoms with Crippen LogP contribution in [0.4, 0.5) is 17.6 Å². The maximum atomic E-state index is 13.9. The van der Waals surface area contributed by atoms with E-state index in [1.807, 2.05) is 0 Å². The zero-order valence-electron chi connectivity index (χ0n) is 17.7. The lowest BCUT2D eigenvalue weighted by molar-refractivity contribution is -0.138. The highest BCUT2D eigenvalue weighted by molar-refractivity contribution is 7.90. The van der Waals surface area contributed by atoms with Crippen molar-refractivity contribution in [1.29, 1.82) is 0 Å². The molecule has 0 spiro atoms. The van der Waals surface area contributed by atoms with Crippen molar-refractivity contribution in [3.05, 3.63) is 88.8 Å². The Hall–Kier alpha value is -3.37. The lowest BCUT2D eigenvalue weighted by Crippen LogP contribution is -2.12. The summed E-state index contributed by atoms with van der Waals surface area (Å²) in [5.74, 6) is -1.70. The fourth-order valence-corrected chi connectivity index (χ4v) is 5.47. The van der Waals surface area contributed by atoms with Gasteiger partial charge in [0.25, 0.3) is 10.0 Å². The van der Waals surface area contributed by atoms with Gasteiger partial charge in [0.1, 0.15) is 5.82 Å². The van der Waals surface area contributed by atoms with Crippen molar-refractivity contribution in [2.75, 3.05) is 0 Å². The van der Waals surface area contributed by atoms with Crippen molar-refractivity contribution < 1.29 is 35.9 Å². The number of aryl methyl sites for hydroxylation is 1. The molecule has 5 nitrogen and oxygen atoms in total. The quantitative estimate of drug-likeness (QED) is 0.297. The highest BCUT2D eigenvalue weighted by atomic mass is 35.5. The van der Waals surface area contributed by atoms with Crippen LogP contribution in [0.5, 0.6) is 0 Å². The summed E-state index contributed by atoms with van der Waals surface area (Å²) < 4.78 is 80.7. The van der Waals surface area contributed by atoms with Crippen molar-refractivity contribution in [3.8, 4) is 11.1 Å². The Labute approximate surface area is 202 Å². The van der Waals surface area contributed by atoms with E-state index in [0.29, 0.717) is 5.56 Å². The van der Waals surface area contributed by atoms with Crippen molar-refractivity contribution in [2.24, 2.45) is 0 Å². The van der Waals surface area contributed by atoms with Gasteiger partial charge in [-0.1, -0.05) is 29.8 Å². The van der Waals surface area contributed by atoms with Crippen LogP contribution in [0.25, 0.3) is 22.0 Å². The number of rotatable bonds is 6. The van der Waals surface area contributed by atoms with Crippen LogP contribution in [0.3, 0.4) is 0 Å². The number of nitrogens with zero attached hydrogens (tertiary/aromatic N) is 1. The molecule has 35 heavy (non-hydrogen) atoms. The summed E-state index contributed by atoms with van der Waals surface area (Å²) in [4.78, 5) is 10.8. The first-order valence-corrected chi connectivity index (χ1v) is 11.9. The van der Waals surface area contributed by atoms with Crippen molar-refractivity contribution >= 4 is 38.5 Å². The number of alkyl halides is 3. The van der Waals surface area contributed by atoms with Gasteiger partial charge < -0.3 is 5.11 Å². The molecule has 0 aliphatic rings. The average molecular weight is 526 g/mol. The zero-order valence-corrected chi connectivity index (χ0v) is 19.3. The second-order valence-electron chi connectivity index (χ2n) is 7.73. The highest BCUT2D eigenvalue weighted by Crippen LogP contribution is 2.36. The number of hydrogen-bond donors (Lipinski definition) is 1. The third kappa shape index (κ3) is 4.89. The van der Waals surface area contributed by atoms with E-state index in [1.165, 1.54) is 36.5 Å². The van der Waals surface area contributed by atoms with Gasteiger partial charge in [-0.2, -0.15) is 13.2 Å². The number of aliphatic carboxylic acids is 1. The second-order valence-corrected chi connectivity index (χ2v) is 9.95. The summed E-state index contributed by atoms with van der Waals surface area (Å²) in [5, 5.41) is 9.06. The molecule has 0 amide bonds. The largest absolute Gasteiger partial charge is 0.481 e. The Morgan fingerprint density at radius 2 is 1.77 bits per heavy atom. The molecule has 4 aromatic rings. The molecule has 0 radical (unpaired) electrons. The van der Waals surface area contributed by atoms with Crippen molar-refractivity contribution in [1.82, 2.24) is 3.97 Å². The van der Waals surface area contributed by atoms with Gasteiger partial charge >= 0.3 is 12.1 Å². The van der Waals surface area contributed by atoms with Gasteiger partial charge in [-0.3, -0.25) is 4.79 Å². The Morgan fingerprint density at radius 1 is 1.03 bits per heavy atom. The Bertz CT molecular complexity index is 1560. The maximum Gasteiger partial charge on any atom is 0.416 e. The standard InChI is InChI=1S/C24H16ClF4NO4S/c25-21-11-16(24(27,28)29)5-7-19(21)14-2-1-3-18(10-14)35(33,34)30-13-15(4-9-23(31)32)20-12-17(26)6-8-22(20)30/h1-3,5-8,10-13H,4,9H2,(H,31,32). The molecular weight excluding hydrogens is 510 g/mol. The number of carboxylic acids is 1. The van der Waals surface area contributed by atoms with Crippen molar-refractivity contribution in [3.63, 3.8) is 0 Å². The van der Waals surface area contributed by atoms with E-state index in [9.17, 15) is 30.8 Å². The van der Waals surface area contributed by atoms with Crippen LogP contribution >= 0.6 is 11.6 Å². The number of fused-ring (bicyclic) bond motifs is 1. The van der Waals surface area contributed by atoms with Crippen LogP contribution in [-0.4, -0.2) is 23.5 Å². The van der Waals surface area contributed by atoms with E-state index in [1.54, 1.807) is 0 Å². The number of aromatic nitrogens is 1. The summed E-state index contributed by atoms with van der Waals surface area (Å²) >= 11 is 6.07. The third-order valence-electron chi connectivity index (χ3n) is 5.42. The van der Waals surface area contributed by atoms with Crippen LogP contribution in [-0.2, 0) is 27.4 Å². The van der Waals surface area contributed by atoms with E-state index < -0.39 is 33.5 Å². The summed E-state index contributed by atoms with van der Waals surface area (Å²) in [6.45, 7) is 0. The number of hydrogen-bond acceptors (Lipinski definition) is 3. The minimum Gasteiger partial charge on any atom is -0.481 e. The van der Waals surface area contributed by atoms with E-state index in [2.05, 4.69) is 0 Å². The van der Waals surface area contributed by atoms with E-state index in [0.717, 1.165) is 34.3 Å². The fourth-order valence-electron chi connectivity index (χ4n) is 3.74. The van der Waals surface area contributed by atoms with Gasteiger partial charge in [0.15, 0.2) is 0 Å². The molecule has 182 valence electrons. The number of halogens is 5. The van der Waals surface area contributed by atoms with Crippen LogP contribution in [0.15, 0.2) is 71.8 Å². The van der Waals surface area contributed by atoms with Crippen LogP contribution in [0, 0.1) is 5.82 Å². The molecule has 0 aliphatic carbocycles. The Balaban J connectivity index is 1.81. The minimum atomic E-state index is -4.58. The second kappa shape index (κ2) is 9.01. The van der Waals surface area contributed by atoms with E-state index >= 15 is 0 Å². The highest BCUT2D eigenvalue weighted by Gasteiger charge is 2.31. The molecule has 0 saturated heterocycles. The number of benzene rings is 3.